The van der Waals surface area contributed by atoms with E-state index in [0.29, 0.717) is 42.5 Å². The molecular formula is C22H24N2O5. The van der Waals surface area contributed by atoms with Crippen LogP contribution >= 0.6 is 0 Å². The number of amides is 1. The average molecular weight is 396 g/mol. The maximum atomic E-state index is 13.0. The molecule has 0 fully saturated rings. The van der Waals surface area contributed by atoms with E-state index in [-0.39, 0.29) is 5.91 Å². The summed E-state index contributed by atoms with van der Waals surface area (Å²) in [5.41, 5.74) is 2.08. The van der Waals surface area contributed by atoms with Crippen molar-refractivity contribution < 1.29 is 23.5 Å². The molecule has 1 heterocycles. The van der Waals surface area contributed by atoms with Crippen molar-refractivity contribution in [3.63, 3.8) is 0 Å². The Labute approximate surface area is 169 Å². The average Bonchev–Trinajstić information content (AvgIpc) is 3.25. The van der Waals surface area contributed by atoms with E-state index in [1.165, 1.54) is 0 Å². The molecule has 0 aliphatic rings. The summed E-state index contributed by atoms with van der Waals surface area (Å²) < 4.78 is 21.0. The molecule has 7 nitrogen and oxygen atoms in total. The topological polar surface area (TPSA) is 74.0 Å². The standard InChI is InChI=1S/C22H24N2O5/c1-26-12-11-24(22(25)16-7-9-19(27-2)10-8-16)15-18-14-21(29-23-18)17-5-4-6-20(13-17)28-3/h4-10,13-14H,11-12,15H2,1-3H3. The third kappa shape index (κ3) is 5.14. The zero-order valence-corrected chi connectivity index (χ0v) is 16.8. The highest BCUT2D eigenvalue weighted by Gasteiger charge is 2.18. The number of carbonyl (C=O) groups excluding carboxylic acids is 1. The number of nitrogens with zero attached hydrogens (tertiary/aromatic N) is 2. The van der Waals surface area contributed by atoms with E-state index in [2.05, 4.69) is 5.16 Å². The third-order valence-electron chi connectivity index (χ3n) is 4.46. The van der Waals surface area contributed by atoms with Crippen LogP contribution in [0.1, 0.15) is 16.1 Å². The first-order chi connectivity index (χ1) is 14.1. The molecule has 0 atom stereocenters. The normalized spacial score (nSPS) is 10.6. The van der Waals surface area contributed by atoms with Gasteiger partial charge in [-0.1, -0.05) is 17.3 Å². The highest BCUT2D eigenvalue weighted by atomic mass is 16.5. The minimum absolute atomic E-state index is 0.115. The van der Waals surface area contributed by atoms with Crippen LogP contribution in [0.5, 0.6) is 11.5 Å². The molecule has 0 radical (unpaired) electrons. The summed E-state index contributed by atoms with van der Waals surface area (Å²) in [6.45, 7) is 1.16. The van der Waals surface area contributed by atoms with Crippen LogP contribution in [0.25, 0.3) is 11.3 Å². The summed E-state index contributed by atoms with van der Waals surface area (Å²) in [7, 11) is 4.81. The number of aromatic nitrogens is 1. The van der Waals surface area contributed by atoms with E-state index in [0.717, 1.165) is 11.3 Å². The molecule has 152 valence electrons. The van der Waals surface area contributed by atoms with Gasteiger partial charge in [0.2, 0.25) is 0 Å². The molecule has 0 aliphatic carbocycles. The van der Waals surface area contributed by atoms with Crippen LogP contribution in [-0.2, 0) is 11.3 Å². The van der Waals surface area contributed by atoms with Gasteiger partial charge in [0.05, 0.1) is 27.4 Å². The van der Waals surface area contributed by atoms with E-state index in [4.69, 9.17) is 18.7 Å². The molecule has 0 unspecified atom stereocenters. The molecule has 29 heavy (non-hydrogen) atoms. The van der Waals surface area contributed by atoms with Crippen molar-refractivity contribution in [2.24, 2.45) is 0 Å². The molecule has 1 amide bonds. The quantitative estimate of drug-likeness (QED) is 0.550. The van der Waals surface area contributed by atoms with Crippen LogP contribution in [0.4, 0.5) is 0 Å². The molecule has 3 aromatic rings. The first-order valence-corrected chi connectivity index (χ1v) is 9.17. The fourth-order valence-electron chi connectivity index (χ4n) is 2.86. The molecular weight excluding hydrogens is 372 g/mol. The molecule has 2 aromatic carbocycles. The van der Waals surface area contributed by atoms with Crippen molar-refractivity contribution >= 4 is 5.91 Å². The summed E-state index contributed by atoms with van der Waals surface area (Å²) in [6.07, 6.45) is 0. The van der Waals surface area contributed by atoms with E-state index in [1.54, 1.807) is 50.5 Å². The second-order valence-electron chi connectivity index (χ2n) is 6.36. The lowest BCUT2D eigenvalue weighted by atomic mass is 10.1. The second kappa shape index (κ2) is 9.75. The van der Waals surface area contributed by atoms with Gasteiger partial charge in [-0.2, -0.15) is 0 Å². The van der Waals surface area contributed by atoms with Crippen molar-refractivity contribution in [1.29, 1.82) is 0 Å². The van der Waals surface area contributed by atoms with E-state index in [9.17, 15) is 4.79 Å². The highest BCUT2D eigenvalue weighted by molar-refractivity contribution is 5.94. The first kappa shape index (κ1) is 20.4. The van der Waals surface area contributed by atoms with Crippen molar-refractivity contribution in [2.45, 2.75) is 6.54 Å². The van der Waals surface area contributed by atoms with Gasteiger partial charge in [0.15, 0.2) is 5.76 Å². The van der Waals surface area contributed by atoms with Gasteiger partial charge in [-0.15, -0.1) is 0 Å². The molecule has 7 heteroatoms. The van der Waals surface area contributed by atoms with Gasteiger partial charge in [0, 0.05) is 30.8 Å². The monoisotopic (exact) mass is 396 g/mol. The lowest BCUT2D eigenvalue weighted by Gasteiger charge is -2.21. The number of ether oxygens (including phenoxy) is 3. The van der Waals surface area contributed by atoms with Crippen LogP contribution in [0.15, 0.2) is 59.1 Å². The Morgan fingerprint density at radius 1 is 1.00 bits per heavy atom. The molecule has 3 rings (SSSR count). The third-order valence-corrected chi connectivity index (χ3v) is 4.46. The van der Waals surface area contributed by atoms with Crippen LogP contribution in [0, 0.1) is 0 Å². The zero-order valence-electron chi connectivity index (χ0n) is 16.8. The predicted octanol–water partition coefficient (Wildman–Crippen LogP) is 3.65. The molecule has 0 saturated carbocycles. The second-order valence-corrected chi connectivity index (χ2v) is 6.36. The molecule has 1 aromatic heterocycles. The number of methoxy groups -OCH3 is 3. The van der Waals surface area contributed by atoms with Gasteiger partial charge >= 0.3 is 0 Å². The van der Waals surface area contributed by atoms with Gasteiger partial charge in [0.25, 0.3) is 5.91 Å². The Hall–Kier alpha value is -3.32. The number of rotatable bonds is 9. The Morgan fingerprint density at radius 3 is 2.45 bits per heavy atom. The summed E-state index contributed by atoms with van der Waals surface area (Å²) in [5, 5.41) is 4.13. The van der Waals surface area contributed by atoms with Crippen molar-refractivity contribution in [2.75, 3.05) is 34.5 Å². The van der Waals surface area contributed by atoms with E-state index >= 15 is 0 Å². The van der Waals surface area contributed by atoms with Crippen LogP contribution in [0.2, 0.25) is 0 Å². The fourth-order valence-corrected chi connectivity index (χ4v) is 2.86. The van der Waals surface area contributed by atoms with Crippen molar-refractivity contribution in [3.05, 3.63) is 65.9 Å². The van der Waals surface area contributed by atoms with E-state index < -0.39 is 0 Å². The van der Waals surface area contributed by atoms with Gasteiger partial charge < -0.3 is 23.6 Å². The van der Waals surface area contributed by atoms with Gasteiger partial charge in [-0.25, -0.2) is 0 Å². The predicted molar refractivity (Wildman–Crippen MR) is 108 cm³/mol. The van der Waals surface area contributed by atoms with Gasteiger partial charge in [-0.05, 0) is 36.4 Å². The fraction of sp³-hybridized carbons (Fsp3) is 0.273. The minimum atomic E-state index is -0.115. The summed E-state index contributed by atoms with van der Waals surface area (Å²) in [6, 6.07) is 16.4. The molecule has 0 bridgehead atoms. The minimum Gasteiger partial charge on any atom is -0.497 e. The largest absolute Gasteiger partial charge is 0.497 e. The molecule has 0 spiro atoms. The maximum Gasteiger partial charge on any atom is 0.254 e. The van der Waals surface area contributed by atoms with Gasteiger partial charge in [0.1, 0.15) is 17.2 Å². The summed E-state index contributed by atoms with van der Waals surface area (Å²) >= 11 is 0. The van der Waals surface area contributed by atoms with Crippen LogP contribution < -0.4 is 9.47 Å². The Kier molecular flexibility index (Phi) is 6.86. The Bertz CT molecular complexity index is 936. The number of benzene rings is 2. The Balaban J connectivity index is 1.77. The molecule has 0 aliphatic heterocycles. The number of hydrogen-bond donors (Lipinski definition) is 0. The van der Waals surface area contributed by atoms with Crippen molar-refractivity contribution in [3.8, 4) is 22.8 Å². The zero-order chi connectivity index (χ0) is 20.6. The number of carbonyl (C=O) groups is 1. The van der Waals surface area contributed by atoms with E-state index in [1.807, 2.05) is 30.3 Å². The SMILES string of the molecule is COCCN(Cc1cc(-c2cccc(OC)c2)on1)C(=O)c1ccc(OC)cc1. The highest BCUT2D eigenvalue weighted by Crippen LogP contribution is 2.25. The number of hydrogen-bond acceptors (Lipinski definition) is 6. The molecule has 0 saturated heterocycles. The smallest absolute Gasteiger partial charge is 0.254 e. The lowest BCUT2D eigenvalue weighted by molar-refractivity contribution is 0.0676. The molecule has 0 N–H and O–H groups in total. The van der Waals surface area contributed by atoms with Crippen molar-refractivity contribution in [1.82, 2.24) is 10.1 Å². The first-order valence-electron chi connectivity index (χ1n) is 9.17. The maximum absolute atomic E-state index is 13.0. The van der Waals surface area contributed by atoms with Crippen LogP contribution in [-0.4, -0.2) is 50.4 Å². The summed E-state index contributed by atoms with van der Waals surface area (Å²) in [5.74, 6) is 1.93. The van der Waals surface area contributed by atoms with Crippen LogP contribution in [0.3, 0.4) is 0 Å². The lowest BCUT2D eigenvalue weighted by Crippen LogP contribution is -2.33. The van der Waals surface area contributed by atoms with Gasteiger partial charge in [-0.3, -0.25) is 4.79 Å². The Morgan fingerprint density at radius 2 is 1.76 bits per heavy atom. The summed E-state index contributed by atoms with van der Waals surface area (Å²) in [4.78, 5) is 14.6.